The van der Waals surface area contributed by atoms with Gasteiger partial charge in [-0.15, -0.1) is 0 Å². The van der Waals surface area contributed by atoms with Gasteiger partial charge in [0.25, 0.3) is 0 Å². The number of hydrogen-bond donors (Lipinski definition) is 1. The average Bonchev–Trinajstić information content (AvgIpc) is 2.78. The van der Waals surface area contributed by atoms with E-state index in [1.54, 1.807) is 18.2 Å². The summed E-state index contributed by atoms with van der Waals surface area (Å²) in [4.78, 5) is 0. The lowest BCUT2D eigenvalue weighted by Crippen LogP contribution is -2.36. The lowest BCUT2D eigenvalue weighted by molar-refractivity contribution is 0.117. The summed E-state index contributed by atoms with van der Waals surface area (Å²) in [5.74, 6) is 0.134. The molecule has 0 saturated carbocycles. The Kier molecular flexibility index (Phi) is 4.60. The van der Waals surface area contributed by atoms with Crippen LogP contribution in [0.25, 0.3) is 0 Å². The molecule has 4 heteroatoms. The molecule has 2 nitrogen and oxygen atoms in total. The number of hydrogen-bond acceptors (Lipinski definition) is 2. The van der Waals surface area contributed by atoms with Gasteiger partial charge in [0, 0.05) is 12.0 Å². The van der Waals surface area contributed by atoms with Crippen LogP contribution < -0.4 is 5.32 Å². The molecule has 18 heavy (non-hydrogen) atoms. The Morgan fingerprint density at radius 1 is 1.56 bits per heavy atom. The average molecular weight is 272 g/mol. The van der Waals surface area contributed by atoms with Crippen molar-refractivity contribution in [3.8, 4) is 0 Å². The molecule has 3 unspecified atom stereocenters. The summed E-state index contributed by atoms with van der Waals surface area (Å²) in [6.07, 6.45) is 1.96. The fourth-order valence-corrected chi connectivity index (χ4v) is 2.77. The second-order valence-electron chi connectivity index (χ2n) is 4.95. The van der Waals surface area contributed by atoms with Gasteiger partial charge in [0.2, 0.25) is 0 Å². The van der Waals surface area contributed by atoms with Crippen LogP contribution in [-0.4, -0.2) is 25.8 Å². The summed E-state index contributed by atoms with van der Waals surface area (Å²) in [6, 6.07) is 5.39. The van der Waals surface area contributed by atoms with Gasteiger partial charge in [0.15, 0.2) is 0 Å². The fourth-order valence-electron chi connectivity index (χ4n) is 2.58. The van der Waals surface area contributed by atoms with Crippen LogP contribution in [-0.2, 0) is 11.2 Å². The zero-order valence-electron chi connectivity index (χ0n) is 10.7. The van der Waals surface area contributed by atoms with Crippen LogP contribution in [0.4, 0.5) is 4.39 Å². The predicted molar refractivity (Wildman–Crippen MR) is 71.5 cm³/mol. The fraction of sp³-hybridized carbons (Fsp3) is 0.571. The van der Waals surface area contributed by atoms with E-state index in [-0.39, 0.29) is 16.9 Å². The van der Waals surface area contributed by atoms with Crippen molar-refractivity contribution in [1.29, 1.82) is 0 Å². The Morgan fingerprint density at radius 2 is 2.33 bits per heavy atom. The molecule has 2 rings (SSSR count). The minimum Gasteiger partial charge on any atom is -0.378 e. The van der Waals surface area contributed by atoms with E-state index < -0.39 is 0 Å². The predicted octanol–water partition coefficient (Wildman–Crippen LogP) is 3.03. The highest BCUT2D eigenvalue weighted by Gasteiger charge is 2.29. The van der Waals surface area contributed by atoms with Crippen LogP contribution in [0, 0.1) is 11.7 Å². The van der Waals surface area contributed by atoms with Crippen LogP contribution >= 0.6 is 11.6 Å². The molecule has 1 saturated heterocycles. The van der Waals surface area contributed by atoms with Gasteiger partial charge in [-0.1, -0.05) is 23.7 Å². The second kappa shape index (κ2) is 6.00. The van der Waals surface area contributed by atoms with Crippen molar-refractivity contribution >= 4 is 11.6 Å². The zero-order chi connectivity index (χ0) is 13.1. The second-order valence-corrected chi connectivity index (χ2v) is 5.36. The third-order valence-corrected chi connectivity index (χ3v) is 3.93. The molecule has 1 aliphatic rings. The van der Waals surface area contributed by atoms with Gasteiger partial charge >= 0.3 is 0 Å². The normalized spacial score (nSPS) is 25.3. The van der Waals surface area contributed by atoms with E-state index in [0.717, 1.165) is 13.0 Å². The van der Waals surface area contributed by atoms with E-state index in [1.807, 2.05) is 7.05 Å². The molecule has 100 valence electrons. The molecular weight excluding hydrogens is 253 g/mol. The monoisotopic (exact) mass is 271 g/mol. The maximum Gasteiger partial charge on any atom is 0.145 e. The maximum absolute atomic E-state index is 13.9. The first kappa shape index (κ1) is 13.8. The molecule has 0 aromatic heterocycles. The molecule has 3 atom stereocenters. The lowest BCUT2D eigenvalue weighted by atomic mass is 9.91. The summed E-state index contributed by atoms with van der Waals surface area (Å²) in [5.41, 5.74) is 0.668. The molecule has 1 N–H and O–H groups in total. The Morgan fingerprint density at radius 3 is 2.94 bits per heavy atom. The molecule has 1 aliphatic heterocycles. The van der Waals surface area contributed by atoms with Gasteiger partial charge in [-0.05, 0) is 38.4 Å². The zero-order valence-corrected chi connectivity index (χ0v) is 11.5. The molecule has 0 radical (unpaired) electrons. The third kappa shape index (κ3) is 3.02. The van der Waals surface area contributed by atoms with Gasteiger partial charge in [-0.3, -0.25) is 0 Å². The van der Waals surface area contributed by atoms with Crippen molar-refractivity contribution in [3.63, 3.8) is 0 Å². The summed E-state index contributed by atoms with van der Waals surface area (Å²) < 4.78 is 19.5. The topological polar surface area (TPSA) is 21.3 Å². The molecule has 0 bridgehead atoms. The van der Waals surface area contributed by atoms with Crippen molar-refractivity contribution in [2.24, 2.45) is 5.92 Å². The largest absolute Gasteiger partial charge is 0.378 e. The number of nitrogens with one attached hydrogen (secondary N) is 1. The van der Waals surface area contributed by atoms with Gasteiger partial charge < -0.3 is 10.1 Å². The van der Waals surface area contributed by atoms with E-state index in [0.29, 0.717) is 24.0 Å². The molecule has 1 fully saturated rings. The number of likely N-dealkylation sites (N-methyl/N-ethyl adjacent to an activating group) is 1. The minimum atomic E-state index is -0.300. The van der Waals surface area contributed by atoms with Gasteiger partial charge in [0.05, 0.1) is 17.7 Å². The SMILES string of the molecule is CNC(Cc1cccc(Cl)c1F)C1COC(C)C1. The lowest BCUT2D eigenvalue weighted by Gasteiger charge is -2.22. The van der Waals surface area contributed by atoms with E-state index in [1.165, 1.54) is 0 Å². The van der Waals surface area contributed by atoms with Crippen molar-refractivity contribution < 1.29 is 9.13 Å². The first-order chi connectivity index (χ1) is 8.61. The van der Waals surface area contributed by atoms with Crippen molar-refractivity contribution in [2.75, 3.05) is 13.7 Å². The molecule has 1 aromatic carbocycles. The van der Waals surface area contributed by atoms with Crippen LogP contribution in [0.3, 0.4) is 0 Å². The highest BCUT2D eigenvalue weighted by molar-refractivity contribution is 6.30. The van der Waals surface area contributed by atoms with Gasteiger partial charge in [0.1, 0.15) is 5.82 Å². The Hall–Kier alpha value is -0.640. The van der Waals surface area contributed by atoms with E-state index >= 15 is 0 Å². The Balaban J connectivity index is 2.08. The van der Waals surface area contributed by atoms with Crippen molar-refractivity contribution in [3.05, 3.63) is 34.6 Å². The van der Waals surface area contributed by atoms with Crippen LogP contribution in [0.15, 0.2) is 18.2 Å². The first-order valence-electron chi connectivity index (χ1n) is 6.33. The van der Waals surface area contributed by atoms with E-state index in [4.69, 9.17) is 16.3 Å². The van der Waals surface area contributed by atoms with Crippen LogP contribution in [0.5, 0.6) is 0 Å². The number of ether oxygens (including phenoxy) is 1. The molecule has 1 aromatic rings. The molecule has 0 spiro atoms. The van der Waals surface area contributed by atoms with E-state index in [2.05, 4.69) is 12.2 Å². The summed E-state index contributed by atoms with van der Waals surface area (Å²) in [7, 11) is 1.91. The Labute approximate surface area is 112 Å². The highest BCUT2D eigenvalue weighted by atomic mass is 35.5. The molecular formula is C14H19ClFNO. The summed E-state index contributed by atoms with van der Waals surface area (Å²) in [5, 5.41) is 3.46. The molecule has 0 aliphatic carbocycles. The maximum atomic E-state index is 13.9. The van der Waals surface area contributed by atoms with Crippen molar-refractivity contribution in [1.82, 2.24) is 5.32 Å². The molecule has 0 amide bonds. The standard InChI is InChI=1S/C14H19ClFNO/c1-9-6-11(8-18-9)13(17-2)7-10-4-3-5-12(15)14(10)16/h3-5,9,11,13,17H,6-8H2,1-2H3. The van der Waals surface area contributed by atoms with Crippen molar-refractivity contribution in [2.45, 2.75) is 31.9 Å². The number of benzene rings is 1. The number of rotatable bonds is 4. The van der Waals surface area contributed by atoms with E-state index in [9.17, 15) is 4.39 Å². The third-order valence-electron chi connectivity index (χ3n) is 3.64. The number of halogens is 2. The first-order valence-corrected chi connectivity index (χ1v) is 6.71. The van der Waals surface area contributed by atoms with Crippen LogP contribution in [0.2, 0.25) is 5.02 Å². The Bertz CT molecular complexity index is 413. The quantitative estimate of drug-likeness (QED) is 0.909. The minimum absolute atomic E-state index is 0.193. The molecule has 1 heterocycles. The van der Waals surface area contributed by atoms with Gasteiger partial charge in [-0.2, -0.15) is 0 Å². The summed E-state index contributed by atoms with van der Waals surface area (Å²) >= 11 is 5.80. The smallest absolute Gasteiger partial charge is 0.145 e. The highest BCUT2D eigenvalue weighted by Crippen LogP contribution is 2.26. The van der Waals surface area contributed by atoms with Crippen LogP contribution in [0.1, 0.15) is 18.9 Å². The van der Waals surface area contributed by atoms with Gasteiger partial charge in [-0.25, -0.2) is 4.39 Å². The summed E-state index contributed by atoms with van der Waals surface area (Å²) in [6.45, 7) is 2.82.